The number of nitrogens with one attached hydrogen (secondary N) is 1. The lowest BCUT2D eigenvalue weighted by Crippen LogP contribution is -2.39. The van der Waals surface area contributed by atoms with Gasteiger partial charge in [0, 0.05) is 0 Å². The van der Waals surface area contributed by atoms with E-state index in [0.717, 1.165) is 25.8 Å². The van der Waals surface area contributed by atoms with E-state index in [1.807, 2.05) is 0 Å². The summed E-state index contributed by atoms with van der Waals surface area (Å²) in [5.74, 6) is 0.0267. The summed E-state index contributed by atoms with van der Waals surface area (Å²) in [7, 11) is 0. The first-order chi connectivity index (χ1) is 6.07. The zero-order chi connectivity index (χ0) is 9.90. The molecule has 0 radical (unpaired) electrons. The number of hydrogen-bond donors (Lipinski definition) is 2. The van der Waals surface area contributed by atoms with Crippen molar-refractivity contribution in [1.82, 2.24) is 5.32 Å². The number of rotatable bonds is 6. The minimum Gasteiger partial charge on any atom is -0.480 e. The van der Waals surface area contributed by atoms with Gasteiger partial charge in [-0.1, -0.05) is 13.8 Å². The third kappa shape index (κ3) is 2.99. The van der Waals surface area contributed by atoms with E-state index in [9.17, 15) is 4.79 Å². The maximum Gasteiger partial charge on any atom is 0.323 e. The number of carboxylic acid groups (broad SMARTS) is 1. The molecule has 0 heterocycles. The Morgan fingerprint density at radius 3 is 2.54 bits per heavy atom. The summed E-state index contributed by atoms with van der Waals surface area (Å²) in [5, 5.41) is 12.0. The predicted octanol–water partition coefficient (Wildman–Crippen LogP) is 1.63. The number of carboxylic acids is 1. The van der Waals surface area contributed by atoms with E-state index in [2.05, 4.69) is 19.2 Å². The fraction of sp³-hybridized carbons (Fsp3) is 0.900. The van der Waals surface area contributed by atoms with Crippen LogP contribution >= 0.6 is 0 Å². The normalized spacial score (nSPS) is 19.0. The third-order valence-corrected chi connectivity index (χ3v) is 2.58. The van der Waals surface area contributed by atoms with Gasteiger partial charge in [-0.3, -0.25) is 4.79 Å². The molecule has 3 heteroatoms. The summed E-state index contributed by atoms with van der Waals surface area (Å²) in [6, 6.07) is 0. The number of carbonyl (C=O) groups is 1. The van der Waals surface area contributed by atoms with Gasteiger partial charge in [0.15, 0.2) is 0 Å². The molecule has 3 nitrogen and oxygen atoms in total. The van der Waals surface area contributed by atoms with Gasteiger partial charge >= 0.3 is 5.97 Å². The zero-order valence-electron chi connectivity index (χ0n) is 8.47. The molecule has 2 N–H and O–H groups in total. The van der Waals surface area contributed by atoms with Crippen LogP contribution in [-0.4, -0.2) is 23.2 Å². The van der Waals surface area contributed by atoms with E-state index < -0.39 is 11.5 Å². The van der Waals surface area contributed by atoms with Gasteiger partial charge < -0.3 is 10.4 Å². The first-order valence-electron chi connectivity index (χ1n) is 5.05. The molecule has 1 rings (SSSR count). The monoisotopic (exact) mass is 185 g/mol. The Balaban J connectivity index is 2.09. The molecule has 0 saturated heterocycles. The van der Waals surface area contributed by atoms with Crippen LogP contribution in [0, 0.1) is 5.92 Å². The van der Waals surface area contributed by atoms with E-state index in [1.54, 1.807) is 0 Å². The predicted molar refractivity (Wildman–Crippen MR) is 51.7 cm³/mol. The van der Waals surface area contributed by atoms with Crippen LogP contribution in [-0.2, 0) is 4.79 Å². The first kappa shape index (κ1) is 10.5. The maximum absolute atomic E-state index is 10.7. The SMILES string of the molecule is CC(C)CCCNC1(C(=O)O)CC1. The Kier molecular flexibility index (Phi) is 3.31. The Hall–Kier alpha value is -0.570. The molecule has 0 amide bonds. The molecule has 0 aromatic rings. The molecule has 0 unspecified atom stereocenters. The molecule has 1 aliphatic rings. The highest BCUT2D eigenvalue weighted by atomic mass is 16.4. The summed E-state index contributed by atoms with van der Waals surface area (Å²) in [4.78, 5) is 10.7. The van der Waals surface area contributed by atoms with Crippen molar-refractivity contribution in [3.8, 4) is 0 Å². The van der Waals surface area contributed by atoms with Crippen LogP contribution in [0.15, 0.2) is 0 Å². The highest BCUT2D eigenvalue weighted by Crippen LogP contribution is 2.35. The molecular formula is C10H19NO2. The van der Waals surface area contributed by atoms with Crippen LogP contribution < -0.4 is 5.32 Å². The molecular weight excluding hydrogens is 166 g/mol. The van der Waals surface area contributed by atoms with Crippen LogP contribution in [0.4, 0.5) is 0 Å². The van der Waals surface area contributed by atoms with Crippen LogP contribution in [0.25, 0.3) is 0 Å². The van der Waals surface area contributed by atoms with Crippen LogP contribution in [0.5, 0.6) is 0 Å². The van der Waals surface area contributed by atoms with Gasteiger partial charge in [-0.05, 0) is 38.1 Å². The van der Waals surface area contributed by atoms with Crippen LogP contribution in [0.3, 0.4) is 0 Å². The minimum atomic E-state index is -0.683. The Labute approximate surface area is 79.5 Å². The van der Waals surface area contributed by atoms with Gasteiger partial charge in [0.1, 0.15) is 5.54 Å². The maximum atomic E-state index is 10.7. The van der Waals surface area contributed by atoms with E-state index >= 15 is 0 Å². The van der Waals surface area contributed by atoms with Gasteiger partial charge in [0.05, 0.1) is 0 Å². The molecule has 0 spiro atoms. The average molecular weight is 185 g/mol. The topological polar surface area (TPSA) is 49.3 Å². The number of hydrogen-bond acceptors (Lipinski definition) is 2. The quantitative estimate of drug-likeness (QED) is 0.618. The molecule has 0 atom stereocenters. The molecule has 0 bridgehead atoms. The smallest absolute Gasteiger partial charge is 0.323 e. The van der Waals surface area contributed by atoms with Crippen molar-refractivity contribution in [1.29, 1.82) is 0 Å². The lowest BCUT2D eigenvalue weighted by Gasteiger charge is -2.12. The molecule has 1 fully saturated rings. The zero-order valence-corrected chi connectivity index (χ0v) is 8.47. The van der Waals surface area contributed by atoms with Gasteiger partial charge in [-0.25, -0.2) is 0 Å². The summed E-state index contributed by atoms with van der Waals surface area (Å²) in [5.41, 5.74) is -0.545. The fourth-order valence-corrected chi connectivity index (χ4v) is 1.43. The van der Waals surface area contributed by atoms with E-state index in [-0.39, 0.29) is 0 Å². The molecule has 0 aromatic heterocycles. The summed E-state index contributed by atoms with van der Waals surface area (Å²) in [6.45, 7) is 5.21. The Bertz CT molecular complexity index is 185. The van der Waals surface area contributed by atoms with Crippen molar-refractivity contribution in [3.05, 3.63) is 0 Å². The second kappa shape index (κ2) is 4.09. The van der Waals surface area contributed by atoms with Gasteiger partial charge in [0.2, 0.25) is 0 Å². The summed E-state index contributed by atoms with van der Waals surface area (Å²) in [6.07, 6.45) is 3.84. The van der Waals surface area contributed by atoms with Crippen molar-refractivity contribution in [2.75, 3.05) is 6.54 Å². The highest BCUT2D eigenvalue weighted by Gasteiger charge is 2.49. The molecule has 13 heavy (non-hydrogen) atoms. The summed E-state index contributed by atoms with van der Waals surface area (Å²) >= 11 is 0. The number of aliphatic carboxylic acids is 1. The van der Waals surface area contributed by atoms with E-state index in [1.165, 1.54) is 6.42 Å². The van der Waals surface area contributed by atoms with Crippen LogP contribution in [0.2, 0.25) is 0 Å². The lowest BCUT2D eigenvalue weighted by atomic mass is 10.1. The molecule has 1 saturated carbocycles. The summed E-state index contributed by atoms with van der Waals surface area (Å²) < 4.78 is 0. The highest BCUT2D eigenvalue weighted by molar-refractivity contribution is 5.82. The second-order valence-corrected chi connectivity index (χ2v) is 4.35. The van der Waals surface area contributed by atoms with Crippen molar-refractivity contribution in [2.24, 2.45) is 5.92 Å². The van der Waals surface area contributed by atoms with Crippen molar-refractivity contribution in [2.45, 2.75) is 45.1 Å². The van der Waals surface area contributed by atoms with Crippen molar-refractivity contribution < 1.29 is 9.90 Å². The largest absolute Gasteiger partial charge is 0.480 e. The standard InChI is InChI=1S/C10H19NO2/c1-8(2)4-3-7-11-10(5-6-10)9(12)13/h8,11H,3-7H2,1-2H3,(H,12,13). The third-order valence-electron chi connectivity index (χ3n) is 2.58. The van der Waals surface area contributed by atoms with E-state index in [4.69, 9.17) is 5.11 Å². The van der Waals surface area contributed by atoms with E-state index in [0.29, 0.717) is 5.92 Å². The molecule has 0 aliphatic heterocycles. The Morgan fingerprint density at radius 1 is 1.54 bits per heavy atom. The van der Waals surface area contributed by atoms with Gasteiger partial charge in [-0.2, -0.15) is 0 Å². The molecule has 0 aromatic carbocycles. The second-order valence-electron chi connectivity index (χ2n) is 4.35. The average Bonchev–Trinajstić information content (AvgIpc) is 2.78. The first-order valence-corrected chi connectivity index (χ1v) is 5.05. The van der Waals surface area contributed by atoms with Crippen molar-refractivity contribution in [3.63, 3.8) is 0 Å². The molecule has 1 aliphatic carbocycles. The minimum absolute atomic E-state index is 0.545. The molecule has 76 valence electrons. The lowest BCUT2D eigenvalue weighted by molar-refractivity contribution is -0.140. The Morgan fingerprint density at radius 2 is 2.15 bits per heavy atom. The fourth-order valence-electron chi connectivity index (χ4n) is 1.43. The van der Waals surface area contributed by atoms with Gasteiger partial charge in [-0.15, -0.1) is 0 Å². The van der Waals surface area contributed by atoms with Crippen LogP contribution in [0.1, 0.15) is 39.5 Å². The van der Waals surface area contributed by atoms with Gasteiger partial charge in [0.25, 0.3) is 0 Å². The van der Waals surface area contributed by atoms with Crippen molar-refractivity contribution >= 4 is 5.97 Å².